The van der Waals surface area contributed by atoms with Crippen LogP contribution in [0, 0.1) is 5.92 Å². The zero-order valence-electron chi connectivity index (χ0n) is 12.1. The van der Waals surface area contributed by atoms with Crippen LogP contribution in [0.15, 0.2) is 0 Å². The number of nitrogens with zero attached hydrogens (tertiary/aromatic N) is 1. The number of rotatable bonds is 8. The molecule has 0 aromatic heterocycles. The molecule has 4 N–H and O–H groups in total. The van der Waals surface area contributed by atoms with E-state index < -0.39 is 18.1 Å². The highest BCUT2D eigenvalue weighted by Crippen LogP contribution is 2.22. The number of hydrogen-bond acceptors (Lipinski definition) is 4. The van der Waals surface area contributed by atoms with Gasteiger partial charge < -0.3 is 20.8 Å². The molecule has 1 unspecified atom stereocenters. The van der Waals surface area contributed by atoms with Crippen LogP contribution in [0.3, 0.4) is 0 Å². The second-order valence-electron chi connectivity index (χ2n) is 5.56. The molecule has 0 aromatic rings. The lowest BCUT2D eigenvalue weighted by Gasteiger charge is -2.22. The van der Waals surface area contributed by atoms with E-state index in [-0.39, 0.29) is 18.9 Å². The minimum atomic E-state index is -1.04. The van der Waals surface area contributed by atoms with E-state index in [1.165, 1.54) is 4.90 Å². The van der Waals surface area contributed by atoms with Crippen molar-refractivity contribution in [3.05, 3.63) is 0 Å². The molecule has 0 bridgehead atoms. The van der Waals surface area contributed by atoms with Crippen LogP contribution in [0.4, 0.5) is 0 Å². The fourth-order valence-electron chi connectivity index (χ4n) is 2.87. The van der Waals surface area contributed by atoms with Gasteiger partial charge in [0.2, 0.25) is 5.91 Å². The lowest BCUT2D eigenvalue weighted by atomic mass is 9.94. The SMILES string of the molecule is CCCC(CCN)CCC(=O)N1C[C@H](O)C[C@H]1C(=O)O. The van der Waals surface area contributed by atoms with Crippen LogP contribution >= 0.6 is 0 Å². The van der Waals surface area contributed by atoms with E-state index in [0.29, 0.717) is 18.9 Å². The maximum absolute atomic E-state index is 12.1. The van der Waals surface area contributed by atoms with Crippen LogP contribution < -0.4 is 5.73 Å². The van der Waals surface area contributed by atoms with Crippen LogP contribution in [-0.2, 0) is 9.59 Å². The van der Waals surface area contributed by atoms with E-state index in [1.54, 1.807) is 0 Å². The predicted octanol–water partition coefficient (Wildman–Crippen LogP) is 0.578. The van der Waals surface area contributed by atoms with Gasteiger partial charge in [-0.15, -0.1) is 0 Å². The Kier molecular flexibility index (Phi) is 6.95. The van der Waals surface area contributed by atoms with Gasteiger partial charge in [0.1, 0.15) is 6.04 Å². The normalized spacial score (nSPS) is 23.9. The quantitative estimate of drug-likeness (QED) is 0.605. The topological polar surface area (TPSA) is 104 Å². The zero-order chi connectivity index (χ0) is 15.1. The summed E-state index contributed by atoms with van der Waals surface area (Å²) in [5.74, 6) is -0.793. The maximum atomic E-state index is 12.1. The Morgan fingerprint density at radius 2 is 2.05 bits per heavy atom. The van der Waals surface area contributed by atoms with Crippen molar-refractivity contribution in [2.24, 2.45) is 11.7 Å². The lowest BCUT2D eigenvalue weighted by Crippen LogP contribution is -2.40. The Hall–Kier alpha value is -1.14. The standard InChI is InChI=1S/C14H26N2O4/c1-2-3-10(6-7-15)4-5-13(18)16-9-11(17)8-12(16)14(19)20/h10-12,17H,2-9,15H2,1H3,(H,19,20)/t10?,11-,12+/m1/s1. The summed E-state index contributed by atoms with van der Waals surface area (Å²) in [5.41, 5.74) is 5.56. The molecule has 1 fully saturated rings. The summed E-state index contributed by atoms with van der Waals surface area (Å²) in [4.78, 5) is 24.5. The smallest absolute Gasteiger partial charge is 0.326 e. The molecule has 1 saturated heterocycles. The van der Waals surface area contributed by atoms with Gasteiger partial charge in [0, 0.05) is 19.4 Å². The summed E-state index contributed by atoms with van der Waals surface area (Å²) >= 11 is 0. The van der Waals surface area contributed by atoms with Gasteiger partial charge in [0.05, 0.1) is 6.10 Å². The van der Waals surface area contributed by atoms with Gasteiger partial charge in [-0.3, -0.25) is 4.79 Å². The average Bonchev–Trinajstić information content (AvgIpc) is 2.78. The molecule has 20 heavy (non-hydrogen) atoms. The highest BCUT2D eigenvalue weighted by atomic mass is 16.4. The third kappa shape index (κ3) is 4.76. The first-order valence-electron chi connectivity index (χ1n) is 7.40. The van der Waals surface area contributed by atoms with E-state index in [4.69, 9.17) is 10.8 Å². The maximum Gasteiger partial charge on any atom is 0.326 e. The van der Waals surface area contributed by atoms with Crippen molar-refractivity contribution < 1.29 is 19.8 Å². The number of aliphatic carboxylic acids is 1. The van der Waals surface area contributed by atoms with Crippen molar-refractivity contribution in [2.45, 2.75) is 57.6 Å². The minimum absolute atomic E-state index is 0.127. The summed E-state index contributed by atoms with van der Waals surface area (Å²) in [5, 5.41) is 18.6. The molecule has 116 valence electrons. The number of aliphatic hydroxyl groups is 1. The molecule has 1 amide bonds. The van der Waals surface area contributed by atoms with Gasteiger partial charge in [0.25, 0.3) is 0 Å². The average molecular weight is 286 g/mol. The first-order chi connectivity index (χ1) is 9.49. The number of carboxylic acids is 1. The highest BCUT2D eigenvalue weighted by Gasteiger charge is 2.38. The van der Waals surface area contributed by atoms with Gasteiger partial charge in [-0.1, -0.05) is 19.8 Å². The Labute approximate surface area is 119 Å². The Bertz CT molecular complexity index is 329. The van der Waals surface area contributed by atoms with Gasteiger partial charge in [-0.25, -0.2) is 4.79 Å². The third-order valence-electron chi connectivity index (χ3n) is 3.92. The van der Waals surface area contributed by atoms with Crippen molar-refractivity contribution in [3.63, 3.8) is 0 Å². The van der Waals surface area contributed by atoms with E-state index in [2.05, 4.69) is 6.92 Å². The summed E-state index contributed by atoms with van der Waals surface area (Å²) in [6.07, 6.45) is 3.46. The van der Waals surface area contributed by atoms with Crippen LogP contribution in [0.25, 0.3) is 0 Å². The number of carbonyl (C=O) groups excluding carboxylic acids is 1. The van der Waals surface area contributed by atoms with Crippen LogP contribution in [0.2, 0.25) is 0 Å². The second kappa shape index (κ2) is 8.21. The number of nitrogens with two attached hydrogens (primary N) is 1. The molecular formula is C14H26N2O4. The van der Waals surface area contributed by atoms with Gasteiger partial charge >= 0.3 is 5.97 Å². The molecular weight excluding hydrogens is 260 g/mol. The van der Waals surface area contributed by atoms with Crippen molar-refractivity contribution in [1.29, 1.82) is 0 Å². The predicted molar refractivity (Wildman–Crippen MR) is 75.1 cm³/mol. The Morgan fingerprint density at radius 1 is 1.35 bits per heavy atom. The fourth-order valence-corrected chi connectivity index (χ4v) is 2.87. The molecule has 3 atom stereocenters. The molecule has 0 radical (unpaired) electrons. The highest BCUT2D eigenvalue weighted by molar-refractivity contribution is 5.84. The van der Waals surface area contributed by atoms with E-state index in [9.17, 15) is 14.7 Å². The Morgan fingerprint density at radius 3 is 2.60 bits per heavy atom. The molecule has 1 aliphatic heterocycles. The van der Waals surface area contributed by atoms with Crippen molar-refractivity contribution in [2.75, 3.05) is 13.1 Å². The number of amides is 1. The number of hydrogen-bond donors (Lipinski definition) is 3. The second-order valence-corrected chi connectivity index (χ2v) is 5.56. The first kappa shape index (κ1) is 16.9. The summed E-state index contributed by atoms with van der Waals surface area (Å²) in [6.45, 7) is 2.84. The Balaban J connectivity index is 2.50. The molecule has 6 heteroatoms. The molecule has 6 nitrogen and oxygen atoms in total. The van der Waals surface area contributed by atoms with E-state index >= 15 is 0 Å². The van der Waals surface area contributed by atoms with Gasteiger partial charge in [0.15, 0.2) is 0 Å². The fraction of sp³-hybridized carbons (Fsp3) is 0.857. The third-order valence-corrected chi connectivity index (χ3v) is 3.92. The van der Waals surface area contributed by atoms with Crippen molar-refractivity contribution >= 4 is 11.9 Å². The summed E-state index contributed by atoms with van der Waals surface area (Å²) in [7, 11) is 0. The largest absolute Gasteiger partial charge is 0.480 e. The van der Waals surface area contributed by atoms with Gasteiger partial charge in [-0.2, -0.15) is 0 Å². The number of aliphatic hydroxyl groups excluding tert-OH is 1. The zero-order valence-corrected chi connectivity index (χ0v) is 12.1. The van der Waals surface area contributed by atoms with Gasteiger partial charge in [-0.05, 0) is 25.3 Å². The summed E-state index contributed by atoms with van der Waals surface area (Å²) in [6, 6.07) is -0.878. The number of β-amino-alcohol motifs (C(OH)–C–C–N with tert-alkyl or cyclic N) is 1. The number of carbonyl (C=O) groups is 2. The van der Waals surface area contributed by atoms with Crippen molar-refractivity contribution in [1.82, 2.24) is 4.90 Å². The van der Waals surface area contributed by atoms with Crippen LogP contribution in [0.1, 0.15) is 45.4 Å². The molecule has 1 aliphatic rings. The molecule has 1 rings (SSSR count). The molecule has 0 aromatic carbocycles. The molecule has 1 heterocycles. The minimum Gasteiger partial charge on any atom is -0.480 e. The van der Waals surface area contributed by atoms with E-state index in [0.717, 1.165) is 25.7 Å². The van der Waals surface area contributed by atoms with Crippen molar-refractivity contribution in [3.8, 4) is 0 Å². The number of carboxylic acid groups (broad SMARTS) is 1. The molecule has 0 aliphatic carbocycles. The van der Waals surface area contributed by atoms with E-state index in [1.807, 2.05) is 0 Å². The summed E-state index contributed by atoms with van der Waals surface area (Å²) < 4.78 is 0. The van der Waals surface area contributed by atoms with Crippen LogP contribution in [0.5, 0.6) is 0 Å². The first-order valence-corrected chi connectivity index (χ1v) is 7.40. The van der Waals surface area contributed by atoms with Crippen LogP contribution in [-0.4, -0.2) is 52.2 Å². The lowest BCUT2D eigenvalue weighted by molar-refractivity contribution is -0.148. The molecule has 0 saturated carbocycles. The monoisotopic (exact) mass is 286 g/mol. The molecule has 0 spiro atoms. The number of likely N-dealkylation sites (tertiary alicyclic amines) is 1.